The fraction of sp³-hybridized carbons (Fsp3) is 0.625. The van der Waals surface area contributed by atoms with Crippen molar-refractivity contribution in [2.75, 3.05) is 11.4 Å². The van der Waals surface area contributed by atoms with Gasteiger partial charge in [-0.15, -0.1) is 11.8 Å². The molecule has 2 saturated carbocycles. The van der Waals surface area contributed by atoms with Crippen LogP contribution in [0.4, 0.5) is 10.5 Å². The van der Waals surface area contributed by atoms with E-state index in [2.05, 4.69) is 5.32 Å². The zero-order chi connectivity index (χ0) is 22.2. The first-order valence-electron chi connectivity index (χ1n) is 11.9. The number of nitrogens with zero attached hydrogens (tertiary/aromatic N) is 2. The molecule has 8 heteroatoms. The molecule has 4 aliphatic rings. The van der Waals surface area contributed by atoms with Crippen LogP contribution in [0.15, 0.2) is 24.3 Å². The summed E-state index contributed by atoms with van der Waals surface area (Å²) in [6.07, 6.45) is 9.85. The normalized spacial score (nSPS) is 30.8. The van der Waals surface area contributed by atoms with E-state index in [1.165, 1.54) is 11.3 Å². The van der Waals surface area contributed by atoms with E-state index < -0.39 is 6.03 Å². The van der Waals surface area contributed by atoms with Crippen LogP contribution < -0.4 is 10.2 Å². The van der Waals surface area contributed by atoms with Gasteiger partial charge in [0.15, 0.2) is 0 Å². The van der Waals surface area contributed by atoms with Crippen molar-refractivity contribution in [3.05, 3.63) is 29.3 Å². The van der Waals surface area contributed by atoms with E-state index in [-0.39, 0.29) is 41.6 Å². The van der Waals surface area contributed by atoms with Crippen LogP contribution >= 0.6 is 23.4 Å². The third kappa shape index (κ3) is 4.14. The third-order valence-corrected chi connectivity index (χ3v) is 9.38. The molecule has 2 aliphatic heterocycles. The molecule has 172 valence electrons. The van der Waals surface area contributed by atoms with Crippen LogP contribution in [0.1, 0.15) is 57.8 Å². The number of halogens is 1. The van der Waals surface area contributed by atoms with Gasteiger partial charge in [0.2, 0.25) is 11.8 Å². The number of imide groups is 1. The van der Waals surface area contributed by atoms with Gasteiger partial charge in [-0.2, -0.15) is 0 Å². The maximum absolute atomic E-state index is 13.7. The molecule has 32 heavy (non-hydrogen) atoms. The number of rotatable bonds is 4. The van der Waals surface area contributed by atoms with Gasteiger partial charge >= 0.3 is 6.03 Å². The minimum absolute atomic E-state index is 0.00459. The monoisotopic (exact) mass is 475 g/mol. The van der Waals surface area contributed by atoms with Crippen LogP contribution in [0, 0.1) is 5.92 Å². The molecule has 1 aromatic rings. The molecule has 6 nitrogen and oxygen atoms in total. The zero-order valence-electron chi connectivity index (χ0n) is 18.2. The molecular weight excluding hydrogens is 446 g/mol. The average Bonchev–Trinajstić information content (AvgIpc) is 3.17. The average molecular weight is 476 g/mol. The number of benzene rings is 1. The Balaban J connectivity index is 1.43. The fourth-order valence-corrected chi connectivity index (χ4v) is 8.05. The lowest BCUT2D eigenvalue weighted by atomic mass is 9.81. The quantitative estimate of drug-likeness (QED) is 0.690. The molecule has 2 heterocycles. The van der Waals surface area contributed by atoms with Crippen LogP contribution in [0.5, 0.6) is 0 Å². The lowest BCUT2D eigenvalue weighted by Crippen LogP contribution is -2.65. The highest BCUT2D eigenvalue weighted by Crippen LogP contribution is 2.51. The molecule has 0 spiro atoms. The molecule has 2 aliphatic carbocycles. The summed E-state index contributed by atoms with van der Waals surface area (Å²) in [6, 6.07) is 6.42. The van der Waals surface area contributed by atoms with Crippen LogP contribution in [0.2, 0.25) is 5.02 Å². The highest BCUT2D eigenvalue weighted by atomic mass is 35.5. The van der Waals surface area contributed by atoms with Crippen molar-refractivity contribution in [1.29, 1.82) is 0 Å². The molecule has 1 aromatic carbocycles. The summed E-state index contributed by atoms with van der Waals surface area (Å²) < 4.78 is 0. The largest absolute Gasteiger partial charge is 0.352 e. The Labute approximate surface area is 198 Å². The number of nitrogens with one attached hydrogen (secondary N) is 1. The van der Waals surface area contributed by atoms with Gasteiger partial charge < -0.3 is 10.2 Å². The van der Waals surface area contributed by atoms with Crippen molar-refractivity contribution < 1.29 is 14.4 Å². The van der Waals surface area contributed by atoms with Gasteiger partial charge in [0, 0.05) is 16.3 Å². The minimum atomic E-state index is -0.399. The number of hydrogen-bond acceptors (Lipinski definition) is 4. The number of urea groups is 1. The van der Waals surface area contributed by atoms with E-state index in [4.69, 9.17) is 11.6 Å². The minimum Gasteiger partial charge on any atom is -0.352 e. The topological polar surface area (TPSA) is 69.7 Å². The Morgan fingerprint density at radius 3 is 2.59 bits per heavy atom. The van der Waals surface area contributed by atoms with Gasteiger partial charge in [-0.05, 0) is 49.8 Å². The summed E-state index contributed by atoms with van der Waals surface area (Å²) in [4.78, 5) is 43.2. The molecule has 0 bridgehead atoms. The maximum Gasteiger partial charge on any atom is 0.332 e. The molecule has 1 N–H and O–H groups in total. The lowest BCUT2D eigenvalue weighted by Gasteiger charge is -2.44. The maximum atomic E-state index is 13.7. The van der Waals surface area contributed by atoms with E-state index in [0.717, 1.165) is 51.4 Å². The van der Waals surface area contributed by atoms with Crippen molar-refractivity contribution in [2.24, 2.45) is 5.92 Å². The molecule has 0 aromatic heterocycles. The van der Waals surface area contributed by atoms with Gasteiger partial charge in [-0.3, -0.25) is 9.59 Å². The number of amides is 4. The van der Waals surface area contributed by atoms with Crippen molar-refractivity contribution in [3.8, 4) is 0 Å². The smallest absolute Gasteiger partial charge is 0.332 e. The van der Waals surface area contributed by atoms with Gasteiger partial charge in [-0.1, -0.05) is 49.8 Å². The van der Waals surface area contributed by atoms with E-state index in [1.807, 2.05) is 0 Å². The molecule has 0 radical (unpaired) electrons. The van der Waals surface area contributed by atoms with E-state index >= 15 is 0 Å². The second kappa shape index (κ2) is 9.26. The summed E-state index contributed by atoms with van der Waals surface area (Å²) in [6.45, 7) is 0.00459. The number of thioether (sulfide) groups is 1. The molecular formula is C24H30ClN3O3S. The summed E-state index contributed by atoms with van der Waals surface area (Å²) in [5.41, 5.74) is 0.471. The number of hydrogen-bond donors (Lipinski definition) is 1. The second-order valence-corrected chi connectivity index (χ2v) is 11.3. The van der Waals surface area contributed by atoms with E-state index in [1.54, 1.807) is 40.9 Å². The van der Waals surface area contributed by atoms with Crippen LogP contribution in [-0.4, -0.2) is 51.9 Å². The first-order chi connectivity index (χ1) is 15.5. The van der Waals surface area contributed by atoms with E-state index in [9.17, 15) is 14.4 Å². The number of fused-ring (bicyclic) bond motifs is 3. The third-order valence-electron chi connectivity index (χ3n) is 7.44. The standard InChI is InChI=1S/C24H30ClN3O3S/c25-15-7-6-10-17(13-15)28-23(30)22-21(18-11-4-5-12-19(18)32-22)27(24(28)31)14-20(29)26-16-8-2-1-3-9-16/h6-7,10,13,16,18-19,21-22H,1-5,8-9,11-12,14H2,(H,26,29). The zero-order valence-corrected chi connectivity index (χ0v) is 19.7. The van der Waals surface area contributed by atoms with Crippen LogP contribution in [0.25, 0.3) is 0 Å². The van der Waals surface area contributed by atoms with Crippen molar-refractivity contribution >= 4 is 46.9 Å². The van der Waals surface area contributed by atoms with Gasteiger partial charge in [0.1, 0.15) is 11.8 Å². The summed E-state index contributed by atoms with van der Waals surface area (Å²) >= 11 is 7.88. The molecule has 2 saturated heterocycles. The molecule has 5 rings (SSSR count). The predicted molar refractivity (Wildman–Crippen MR) is 127 cm³/mol. The van der Waals surface area contributed by atoms with Crippen molar-refractivity contribution in [2.45, 2.75) is 80.4 Å². The number of carbonyl (C=O) groups excluding carboxylic acids is 3. The van der Waals surface area contributed by atoms with E-state index in [0.29, 0.717) is 16.0 Å². The molecule has 4 atom stereocenters. The first kappa shape index (κ1) is 22.1. The summed E-state index contributed by atoms with van der Waals surface area (Å²) in [5.74, 6) is -0.0186. The lowest BCUT2D eigenvalue weighted by molar-refractivity contribution is -0.126. The Morgan fingerprint density at radius 2 is 1.81 bits per heavy atom. The number of carbonyl (C=O) groups is 3. The fourth-order valence-electron chi connectivity index (χ4n) is 5.96. The first-order valence-corrected chi connectivity index (χ1v) is 13.2. The summed E-state index contributed by atoms with van der Waals surface area (Å²) in [5, 5.41) is 3.66. The molecule has 4 amide bonds. The summed E-state index contributed by atoms with van der Waals surface area (Å²) in [7, 11) is 0. The Bertz CT molecular complexity index is 906. The molecule has 4 unspecified atom stereocenters. The van der Waals surface area contributed by atoms with Crippen LogP contribution in [-0.2, 0) is 9.59 Å². The highest BCUT2D eigenvalue weighted by Gasteiger charge is 2.57. The highest BCUT2D eigenvalue weighted by molar-refractivity contribution is 8.01. The number of anilines is 1. The second-order valence-electron chi connectivity index (χ2n) is 9.50. The Kier molecular flexibility index (Phi) is 6.39. The van der Waals surface area contributed by atoms with Crippen molar-refractivity contribution in [1.82, 2.24) is 10.2 Å². The Hall–Kier alpha value is -1.73. The molecule has 4 fully saturated rings. The van der Waals surface area contributed by atoms with Gasteiger partial charge in [-0.25, -0.2) is 9.69 Å². The van der Waals surface area contributed by atoms with Crippen molar-refractivity contribution in [3.63, 3.8) is 0 Å². The van der Waals surface area contributed by atoms with Crippen LogP contribution in [0.3, 0.4) is 0 Å². The predicted octanol–water partition coefficient (Wildman–Crippen LogP) is 4.60. The van der Waals surface area contributed by atoms with Gasteiger partial charge in [0.25, 0.3) is 0 Å². The SMILES string of the molecule is O=C(CN1C(=O)N(c2cccc(Cl)c2)C(=O)C2SC3CCCCC3C21)NC1CCCCC1. The van der Waals surface area contributed by atoms with Gasteiger partial charge in [0.05, 0.1) is 11.7 Å². The Morgan fingerprint density at radius 1 is 1.06 bits per heavy atom.